The van der Waals surface area contributed by atoms with E-state index in [0.717, 1.165) is 22.3 Å². The van der Waals surface area contributed by atoms with E-state index in [-0.39, 0.29) is 13.2 Å². The third-order valence-electron chi connectivity index (χ3n) is 10.7. The minimum atomic E-state index is -1.21. The van der Waals surface area contributed by atoms with E-state index in [2.05, 4.69) is 24.3 Å². The number of benzene rings is 4. The van der Waals surface area contributed by atoms with Crippen LogP contribution in [0.25, 0.3) is 0 Å². The molecule has 4 saturated heterocycles. The SMILES string of the molecule is CC1(C)O[C@H]2[C@@H](O1)[C@@H](CO[C@]1(Cc3ccc(Cl)cc3)C[C@@H](OCc3ccccc3)[C@@H](OCc3ccccc3)[C@@H](COCc3ccccc3)O1)O[C@@H]1OC(C)(C)O[C@@H]12. The maximum atomic E-state index is 7.22. The molecule has 57 heavy (non-hydrogen) atoms. The van der Waals surface area contributed by atoms with Crippen LogP contribution in [0.1, 0.15) is 56.4 Å². The first-order chi connectivity index (χ1) is 27.5. The second-order valence-electron chi connectivity index (χ2n) is 16.2. The van der Waals surface area contributed by atoms with Crippen LogP contribution >= 0.6 is 11.6 Å². The quantitative estimate of drug-likeness (QED) is 0.117. The Morgan fingerprint density at radius 3 is 1.77 bits per heavy atom. The Bertz CT molecular complexity index is 1860. The number of rotatable bonds is 15. The first kappa shape index (κ1) is 40.5. The van der Waals surface area contributed by atoms with Gasteiger partial charge in [-0.05, 0) is 62.1 Å². The molecule has 0 amide bonds. The highest BCUT2D eigenvalue weighted by molar-refractivity contribution is 6.30. The predicted octanol–water partition coefficient (Wildman–Crippen LogP) is 8.17. The molecule has 0 saturated carbocycles. The topological polar surface area (TPSA) is 92.3 Å². The van der Waals surface area contributed by atoms with Crippen LogP contribution in [0.3, 0.4) is 0 Å². The monoisotopic (exact) mass is 800 g/mol. The highest BCUT2D eigenvalue weighted by Crippen LogP contribution is 2.45. The van der Waals surface area contributed by atoms with Gasteiger partial charge in [-0.15, -0.1) is 0 Å². The van der Waals surface area contributed by atoms with Gasteiger partial charge in [0, 0.05) is 17.9 Å². The molecule has 4 aliphatic rings. The Hall–Kier alpha value is -3.23. The Kier molecular flexibility index (Phi) is 12.5. The molecule has 4 aliphatic heterocycles. The van der Waals surface area contributed by atoms with Crippen LogP contribution in [0.15, 0.2) is 115 Å². The lowest BCUT2D eigenvalue weighted by Gasteiger charge is -2.49. The van der Waals surface area contributed by atoms with Gasteiger partial charge in [-0.2, -0.15) is 0 Å². The largest absolute Gasteiger partial charge is 0.374 e. The van der Waals surface area contributed by atoms with Crippen LogP contribution in [-0.4, -0.2) is 79.6 Å². The summed E-state index contributed by atoms with van der Waals surface area (Å²) < 4.78 is 66.4. The highest BCUT2D eigenvalue weighted by Gasteiger charge is 2.61. The van der Waals surface area contributed by atoms with Crippen molar-refractivity contribution in [1.29, 1.82) is 0 Å². The maximum absolute atomic E-state index is 7.22. The van der Waals surface area contributed by atoms with Crippen LogP contribution in [-0.2, 0) is 73.6 Å². The first-order valence-corrected chi connectivity index (χ1v) is 20.3. The minimum absolute atomic E-state index is 0.111. The molecule has 0 unspecified atom stereocenters. The van der Waals surface area contributed by atoms with Crippen LogP contribution in [0.4, 0.5) is 0 Å². The van der Waals surface area contributed by atoms with Crippen molar-refractivity contribution in [3.8, 4) is 0 Å². The number of hydrogen-bond donors (Lipinski definition) is 0. The van der Waals surface area contributed by atoms with E-state index in [9.17, 15) is 0 Å². The summed E-state index contributed by atoms with van der Waals surface area (Å²) in [5, 5.41) is 0.642. The zero-order valence-electron chi connectivity index (χ0n) is 33.0. The molecule has 0 N–H and O–H groups in total. The van der Waals surface area contributed by atoms with E-state index < -0.39 is 66.4 Å². The smallest absolute Gasteiger partial charge is 0.190 e. The average molecular weight is 801 g/mol. The van der Waals surface area contributed by atoms with Crippen molar-refractivity contribution in [3.63, 3.8) is 0 Å². The molecular weight excluding hydrogens is 748 g/mol. The molecule has 0 spiro atoms. The Morgan fingerprint density at radius 1 is 0.561 bits per heavy atom. The van der Waals surface area contributed by atoms with Crippen molar-refractivity contribution in [3.05, 3.63) is 143 Å². The van der Waals surface area contributed by atoms with Crippen LogP contribution in [0.2, 0.25) is 5.02 Å². The Morgan fingerprint density at radius 2 is 1.12 bits per heavy atom. The fraction of sp³-hybridized carbons (Fsp3) is 0.478. The fourth-order valence-corrected chi connectivity index (χ4v) is 8.32. The molecule has 9 atom stereocenters. The molecule has 11 heteroatoms. The molecule has 304 valence electrons. The molecule has 0 radical (unpaired) electrons. The summed E-state index contributed by atoms with van der Waals surface area (Å²) >= 11 is 6.37. The molecule has 0 aromatic heterocycles. The van der Waals surface area contributed by atoms with Gasteiger partial charge in [0.05, 0.1) is 39.1 Å². The Labute approximate surface area is 340 Å². The number of ether oxygens (including phenoxy) is 10. The van der Waals surface area contributed by atoms with Crippen LogP contribution in [0.5, 0.6) is 0 Å². The molecule has 4 fully saturated rings. The zero-order chi connectivity index (χ0) is 39.5. The van der Waals surface area contributed by atoms with Crippen molar-refractivity contribution < 1.29 is 47.4 Å². The van der Waals surface area contributed by atoms with E-state index in [1.54, 1.807) is 0 Å². The minimum Gasteiger partial charge on any atom is -0.374 e. The molecule has 0 aliphatic carbocycles. The second kappa shape index (κ2) is 17.6. The van der Waals surface area contributed by atoms with Gasteiger partial charge < -0.3 is 47.4 Å². The predicted molar refractivity (Wildman–Crippen MR) is 212 cm³/mol. The molecular formula is C46H53ClO10. The van der Waals surface area contributed by atoms with Gasteiger partial charge >= 0.3 is 0 Å². The summed E-state index contributed by atoms with van der Waals surface area (Å²) in [6.07, 6.45) is -3.39. The summed E-state index contributed by atoms with van der Waals surface area (Å²) in [6, 6.07) is 38.1. The Balaban J connectivity index is 1.11. The first-order valence-electron chi connectivity index (χ1n) is 19.9. The van der Waals surface area contributed by atoms with Gasteiger partial charge in [-0.25, -0.2) is 0 Å². The van der Waals surface area contributed by atoms with E-state index in [4.69, 9.17) is 59.0 Å². The summed E-state index contributed by atoms with van der Waals surface area (Å²) in [5.41, 5.74) is 4.13. The zero-order valence-corrected chi connectivity index (χ0v) is 33.8. The summed E-state index contributed by atoms with van der Waals surface area (Å²) in [6.45, 7) is 9.03. The maximum Gasteiger partial charge on any atom is 0.190 e. The lowest BCUT2D eigenvalue weighted by atomic mass is 9.90. The lowest BCUT2D eigenvalue weighted by Crippen LogP contribution is -2.61. The number of hydrogen-bond acceptors (Lipinski definition) is 10. The lowest BCUT2D eigenvalue weighted by molar-refractivity contribution is -0.347. The highest BCUT2D eigenvalue weighted by atomic mass is 35.5. The van der Waals surface area contributed by atoms with Crippen molar-refractivity contribution in [2.24, 2.45) is 0 Å². The van der Waals surface area contributed by atoms with Gasteiger partial charge in [0.2, 0.25) is 0 Å². The standard InChI is InChI=1S/C46H53ClO10/c1-44(2)54-40-37(52-43-42(41(40)55-44)56-45(3,4)57-43)30-51-46(24-31-20-22-35(47)23-21-31)25-36(49-27-33-16-10-6-11-17-33)39(50-28-34-18-12-7-13-19-34)38(53-46)29-48-26-32-14-8-5-9-15-32/h5-23,36-43H,24-30H2,1-4H3/t36-,37-,38-,39-,40+,41+,42-,43-,46+/m1/s1. The van der Waals surface area contributed by atoms with Gasteiger partial charge in [0.1, 0.15) is 36.6 Å². The molecule has 4 aromatic rings. The summed E-state index contributed by atoms with van der Waals surface area (Å²) in [4.78, 5) is 0. The summed E-state index contributed by atoms with van der Waals surface area (Å²) in [7, 11) is 0. The normalized spacial score (nSPS) is 31.5. The molecule has 4 aromatic carbocycles. The van der Waals surface area contributed by atoms with E-state index in [0.29, 0.717) is 37.7 Å². The number of fused-ring (bicyclic) bond motifs is 3. The molecule has 0 bridgehead atoms. The van der Waals surface area contributed by atoms with Crippen molar-refractivity contribution in [2.75, 3.05) is 13.2 Å². The number of halogens is 1. The molecule has 10 nitrogen and oxygen atoms in total. The van der Waals surface area contributed by atoms with Gasteiger partial charge in [0.15, 0.2) is 23.7 Å². The second-order valence-corrected chi connectivity index (χ2v) is 16.6. The van der Waals surface area contributed by atoms with E-state index in [1.165, 1.54) is 0 Å². The van der Waals surface area contributed by atoms with E-state index in [1.807, 2.05) is 119 Å². The average Bonchev–Trinajstić information content (AvgIpc) is 3.71. The van der Waals surface area contributed by atoms with Crippen molar-refractivity contribution in [2.45, 2.75) is 127 Å². The van der Waals surface area contributed by atoms with Gasteiger partial charge in [-0.1, -0.05) is 115 Å². The summed E-state index contributed by atoms with van der Waals surface area (Å²) in [5.74, 6) is -2.91. The van der Waals surface area contributed by atoms with Crippen LogP contribution in [0, 0.1) is 0 Å². The molecule has 4 heterocycles. The third-order valence-corrected chi connectivity index (χ3v) is 11.0. The van der Waals surface area contributed by atoms with Gasteiger partial charge in [0.25, 0.3) is 0 Å². The third kappa shape index (κ3) is 10.1. The van der Waals surface area contributed by atoms with Crippen LogP contribution < -0.4 is 0 Å². The molecule has 8 rings (SSSR count). The van der Waals surface area contributed by atoms with Crippen molar-refractivity contribution >= 4 is 11.6 Å². The van der Waals surface area contributed by atoms with Crippen molar-refractivity contribution in [1.82, 2.24) is 0 Å². The fourth-order valence-electron chi connectivity index (χ4n) is 8.19. The van der Waals surface area contributed by atoms with E-state index >= 15 is 0 Å². The van der Waals surface area contributed by atoms with Gasteiger partial charge in [-0.3, -0.25) is 0 Å².